The van der Waals surface area contributed by atoms with Crippen LogP contribution in [-0.4, -0.2) is 21.2 Å². The minimum Gasteiger partial charge on any atom is -0.482 e. The summed E-state index contributed by atoms with van der Waals surface area (Å²) in [6.07, 6.45) is 3.53. The van der Waals surface area contributed by atoms with Crippen molar-refractivity contribution in [2.24, 2.45) is 0 Å². The predicted molar refractivity (Wildman–Crippen MR) is 78.8 cm³/mol. The zero-order valence-corrected chi connectivity index (χ0v) is 12.8. The monoisotopic (exact) mass is 290 g/mol. The molecule has 0 saturated carbocycles. The molecule has 21 heavy (non-hydrogen) atoms. The normalized spacial score (nSPS) is 11.0. The first-order valence-electron chi connectivity index (χ1n) is 7.30. The van der Waals surface area contributed by atoms with Crippen LogP contribution in [0.15, 0.2) is 22.9 Å². The van der Waals surface area contributed by atoms with Gasteiger partial charge in [-0.1, -0.05) is 25.9 Å². The Labute approximate surface area is 124 Å². The number of aromatic nitrogens is 3. The average molecular weight is 290 g/mol. The predicted octanol–water partition coefficient (Wildman–Crippen LogP) is 2.49. The highest BCUT2D eigenvalue weighted by Gasteiger charge is 2.06. The third kappa shape index (κ3) is 5.15. The highest BCUT2D eigenvalue weighted by Crippen LogP contribution is 2.11. The number of rotatable bonds is 8. The molecular formula is C15H22N4O2. The van der Waals surface area contributed by atoms with Crippen LogP contribution in [0, 0.1) is 0 Å². The van der Waals surface area contributed by atoms with Crippen molar-refractivity contribution in [3.63, 3.8) is 0 Å². The number of aryl methyl sites for hydroxylation is 1. The SMILES string of the molecule is CCCc1noc(COc2ccc(CNC(C)C)nc2)n1. The largest absolute Gasteiger partial charge is 0.482 e. The summed E-state index contributed by atoms with van der Waals surface area (Å²) in [7, 11) is 0. The molecule has 0 aliphatic carbocycles. The maximum atomic E-state index is 5.58. The molecule has 6 nitrogen and oxygen atoms in total. The lowest BCUT2D eigenvalue weighted by molar-refractivity contribution is 0.241. The van der Waals surface area contributed by atoms with Crippen molar-refractivity contribution in [3.8, 4) is 5.75 Å². The summed E-state index contributed by atoms with van der Waals surface area (Å²) in [5.41, 5.74) is 0.985. The highest BCUT2D eigenvalue weighted by atomic mass is 16.5. The molecule has 0 aliphatic rings. The molecule has 0 aliphatic heterocycles. The van der Waals surface area contributed by atoms with Gasteiger partial charge in [0, 0.05) is 19.0 Å². The molecule has 114 valence electrons. The van der Waals surface area contributed by atoms with E-state index >= 15 is 0 Å². The van der Waals surface area contributed by atoms with Crippen molar-refractivity contribution in [1.82, 2.24) is 20.4 Å². The number of ether oxygens (including phenoxy) is 1. The van der Waals surface area contributed by atoms with E-state index in [0.717, 1.165) is 30.9 Å². The fourth-order valence-electron chi connectivity index (χ4n) is 1.73. The summed E-state index contributed by atoms with van der Waals surface area (Å²) in [4.78, 5) is 8.59. The first-order chi connectivity index (χ1) is 10.2. The summed E-state index contributed by atoms with van der Waals surface area (Å²) in [6, 6.07) is 4.28. The molecule has 0 bridgehead atoms. The minimum atomic E-state index is 0.266. The molecule has 0 spiro atoms. The van der Waals surface area contributed by atoms with Gasteiger partial charge in [-0.25, -0.2) is 0 Å². The Hall–Kier alpha value is -1.95. The first-order valence-corrected chi connectivity index (χ1v) is 7.30. The number of pyridine rings is 1. The Balaban J connectivity index is 1.82. The van der Waals surface area contributed by atoms with Crippen molar-refractivity contribution in [1.29, 1.82) is 0 Å². The Morgan fingerprint density at radius 3 is 2.86 bits per heavy atom. The van der Waals surface area contributed by atoms with Crippen LogP contribution in [0.1, 0.15) is 44.6 Å². The van der Waals surface area contributed by atoms with Gasteiger partial charge in [-0.2, -0.15) is 4.98 Å². The Morgan fingerprint density at radius 1 is 1.33 bits per heavy atom. The van der Waals surface area contributed by atoms with Gasteiger partial charge in [0.15, 0.2) is 12.4 Å². The van der Waals surface area contributed by atoms with Crippen LogP contribution in [0.3, 0.4) is 0 Å². The molecule has 0 atom stereocenters. The maximum absolute atomic E-state index is 5.58. The smallest absolute Gasteiger partial charge is 0.264 e. The van der Waals surface area contributed by atoms with Crippen molar-refractivity contribution in [2.75, 3.05) is 0 Å². The highest BCUT2D eigenvalue weighted by molar-refractivity contribution is 5.19. The van der Waals surface area contributed by atoms with Gasteiger partial charge >= 0.3 is 0 Å². The summed E-state index contributed by atoms with van der Waals surface area (Å²) in [6.45, 7) is 7.31. The molecule has 6 heteroatoms. The van der Waals surface area contributed by atoms with Gasteiger partial charge in [0.05, 0.1) is 11.9 Å². The number of nitrogens with zero attached hydrogens (tertiary/aromatic N) is 3. The zero-order chi connectivity index (χ0) is 15.1. The van der Waals surface area contributed by atoms with Crippen molar-refractivity contribution in [2.45, 2.75) is 52.8 Å². The van der Waals surface area contributed by atoms with Crippen molar-refractivity contribution < 1.29 is 9.26 Å². The first kappa shape index (κ1) is 15.4. The van der Waals surface area contributed by atoms with Gasteiger partial charge in [-0.15, -0.1) is 0 Å². The van der Waals surface area contributed by atoms with Gasteiger partial charge in [0.2, 0.25) is 0 Å². The fourth-order valence-corrected chi connectivity index (χ4v) is 1.73. The lowest BCUT2D eigenvalue weighted by atomic mass is 10.3. The molecule has 0 saturated heterocycles. The quantitative estimate of drug-likeness (QED) is 0.805. The lowest BCUT2D eigenvalue weighted by Gasteiger charge is -2.08. The maximum Gasteiger partial charge on any atom is 0.264 e. The third-order valence-corrected chi connectivity index (χ3v) is 2.84. The number of hydrogen-bond donors (Lipinski definition) is 1. The van der Waals surface area contributed by atoms with Crippen LogP contribution in [0.5, 0.6) is 5.75 Å². The van der Waals surface area contributed by atoms with Crippen LogP contribution < -0.4 is 10.1 Å². The summed E-state index contributed by atoms with van der Waals surface area (Å²) in [5, 5.41) is 7.20. The molecule has 0 fully saturated rings. The van der Waals surface area contributed by atoms with Crippen LogP contribution in [0.2, 0.25) is 0 Å². The van der Waals surface area contributed by atoms with Gasteiger partial charge in [0.25, 0.3) is 5.89 Å². The standard InChI is InChI=1S/C15H22N4O2/c1-4-5-14-18-15(21-19-14)10-20-13-7-6-12(17-9-13)8-16-11(2)3/h6-7,9,11,16H,4-5,8,10H2,1-3H3. The minimum absolute atomic E-state index is 0.266. The van der Waals surface area contributed by atoms with E-state index in [1.165, 1.54) is 0 Å². The van der Waals surface area contributed by atoms with Crippen LogP contribution >= 0.6 is 0 Å². The molecule has 2 heterocycles. The molecule has 2 aromatic heterocycles. The Bertz CT molecular complexity index is 537. The van der Waals surface area contributed by atoms with Crippen LogP contribution in [0.4, 0.5) is 0 Å². The molecule has 0 unspecified atom stereocenters. The molecule has 0 amide bonds. The average Bonchev–Trinajstić information content (AvgIpc) is 2.92. The van der Waals surface area contributed by atoms with Crippen molar-refractivity contribution in [3.05, 3.63) is 35.7 Å². The molecule has 1 N–H and O–H groups in total. The van der Waals surface area contributed by atoms with E-state index in [9.17, 15) is 0 Å². The Kier molecular flexibility index (Phi) is 5.68. The van der Waals surface area contributed by atoms with E-state index in [1.807, 2.05) is 12.1 Å². The summed E-state index contributed by atoms with van der Waals surface area (Å²) in [5.74, 6) is 1.91. The van der Waals surface area contributed by atoms with Gasteiger partial charge in [-0.05, 0) is 18.6 Å². The van der Waals surface area contributed by atoms with Crippen LogP contribution in [0.25, 0.3) is 0 Å². The topological polar surface area (TPSA) is 73.1 Å². The van der Waals surface area contributed by atoms with E-state index in [4.69, 9.17) is 9.26 Å². The molecular weight excluding hydrogens is 268 g/mol. The van der Waals surface area contributed by atoms with Crippen LogP contribution in [-0.2, 0) is 19.6 Å². The number of hydrogen-bond acceptors (Lipinski definition) is 6. The molecule has 2 rings (SSSR count). The molecule has 2 aromatic rings. The van der Waals surface area contributed by atoms with E-state index in [-0.39, 0.29) is 6.61 Å². The van der Waals surface area contributed by atoms with E-state index < -0.39 is 0 Å². The number of nitrogens with one attached hydrogen (secondary N) is 1. The van der Waals surface area contributed by atoms with Crippen molar-refractivity contribution >= 4 is 0 Å². The summed E-state index contributed by atoms with van der Waals surface area (Å²) < 4.78 is 10.7. The van der Waals surface area contributed by atoms with Gasteiger partial charge in [0.1, 0.15) is 5.75 Å². The van der Waals surface area contributed by atoms with Gasteiger partial charge < -0.3 is 14.6 Å². The van der Waals surface area contributed by atoms with E-state index in [1.54, 1.807) is 6.20 Å². The summed E-state index contributed by atoms with van der Waals surface area (Å²) >= 11 is 0. The fraction of sp³-hybridized carbons (Fsp3) is 0.533. The van der Waals surface area contributed by atoms with E-state index in [2.05, 4.69) is 41.2 Å². The second kappa shape index (κ2) is 7.73. The second-order valence-electron chi connectivity index (χ2n) is 5.16. The molecule has 0 aromatic carbocycles. The molecule has 0 radical (unpaired) electrons. The zero-order valence-electron chi connectivity index (χ0n) is 12.8. The lowest BCUT2D eigenvalue weighted by Crippen LogP contribution is -2.22. The second-order valence-corrected chi connectivity index (χ2v) is 5.16. The van der Waals surface area contributed by atoms with E-state index in [0.29, 0.717) is 17.7 Å². The Morgan fingerprint density at radius 2 is 2.19 bits per heavy atom. The third-order valence-electron chi connectivity index (χ3n) is 2.84. The van der Waals surface area contributed by atoms with Gasteiger partial charge in [-0.3, -0.25) is 4.98 Å².